The van der Waals surface area contributed by atoms with E-state index in [0.717, 1.165) is 6.42 Å². The molecule has 52 valence electrons. The number of rotatable bonds is 0. The molecular weight excluding hydrogens is 142 g/mol. The van der Waals surface area contributed by atoms with Crippen LogP contribution in [0, 0.1) is 11.8 Å². The molecule has 0 aromatic rings. The highest BCUT2D eigenvalue weighted by Gasteiger charge is 2.64. The van der Waals surface area contributed by atoms with E-state index in [1.54, 1.807) is 0 Å². The summed E-state index contributed by atoms with van der Waals surface area (Å²) in [5.41, 5.74) is 0. The average Bonchev–Trinajstić information content (AvgIpc) is 2.41. The second-order valence-electron chi connectivity index (χ2n) is 3.03. The molecule has 3 atom stereocenters. The number of alkyl halides is 2. The van der Waals surface area contributed by atoms with Gasteiger partial charge in [-0.1, -0.05) is 0 Å². The van der Waals surface area contributed by atoms with E-state index in [1.165, 1.54) is 0 Å². The van der Waals surface area contributed by atoms with Crippen molar-refractivity contribution in [1.29, 1.82) is 0 Å². The van der Waals surface area contributed by atoms with Crippen LogP contribution in [0.1, 0.15) is 12.8 Å². The highest BCUT2D eigenvalue weighted by atomic mass is 32.1. The van der Waals surface area contributed by atoms with E-state index >= 15 is 0 Å². The van der Waals surface area contributed by atoms with Crippen molar-refractivity contribution in [3.63, 3.8) is 0 Å². The Labute approximate surface area is 58.0 Å². The molecule has 0 aliphatic heterocycles. The van der Waals surface area contributed by atoms with E-state index in [1.807, 2.05) is 0 Å². The molecule has 3 heteroatoms. The Morgan fingerprint density at radius 1 is 1.33 bits per heavy atom. The minimum Gasteiger partial charge on any atom is -0.205 e. The van der Waals surface area contributed by atoms with Gasteiger partial charge in [0, 0.05) is 5.92 Å². The first-order valence-corrected chi connectivity index (χ1v) is 3.70. The van der Waals surface area contributed by atoms with Gasteiger partial charge >= 0.3 is 0 Å². The third kappa shape index (κ3) is 0.642. The first kappa shape index (κ1) is 5.96. The fraction of sp³-hybridized carbons (Fsp3) is 1.00. The van der Waals surface area contributed by atoms with Gasteiger partial charge in [-0.15, -0.1) is 0 Å². The maximum atomic E-state index is 12.7. The van der Waals surface area contributed by atoms with E-state index in [4.69, 9.17) is 0 Å². The summed E-state index contributed by atoms with van der Waals surface area (Å²) in [7, 11) is 0. The Hall–Kier alpha value is 0.210. The van der Waals surface area contributed by atoms with Crippen LogP contribution in [0.4, 0.5) is 8.78 Å². The van der Waals surface area contributed by atoms with Crippen molar-refractivity contribution in [2.45, 2.75) is 24.0 Å². The summed E-state index contributed by atoms with van der Waals surface area (Å²) in [5, 5.41) is -0.652. The van der Waals surface area contributed by atoms with Gasteiger partial charge in [-0.2, -0.15) is 12.6 Å². The molecular formula is C6H8F2S. The summed E-state index contributed by atoms with van der Waals surface area (Å²) in [5.74, 6) is -2.45. The number of halogens is 2. The molecule has 2 aliphatic carbocycles. The van der Waals surface area contributed by atoms with Gasteiger partial charge in [-0.3, -0.25) is 0 Å². The van der Waals surface area contributed by atoms with Crippen LogP contribution in [-0.4, -0.2) is 11.2 Å². The molecule has 0 bridgehead atoms. The summed E-state index contributed by atoms with van der Waals surface area (Å²) in [4.78, 5) is 0. The summed E-state index contributed by atoms with van der Waals surface area (Å²) in [6, 6.07) is 0. The highest BCUT2D eigenvalue weighted by Crippen LogP contribution is 2.61. The summed E-state index contributed by atoms with van der Waals surface area (Å²) < 4.78 is 25.4. The van der Waals surface area contributed by atoms with Crippen molar-refractivity contribution in [2.24, 2.45) is 11.8 Å². The molecule has 0 radical (unpaired) electrons. The van der Waals surface area contributed by atoms with Gasteiger partial charge in [0.1, 0.15) is 0 Å². The van der Waals surface area contributed by atoms with Crippen LogP contribution in [0.2, 0.25) is 0 Å². The van der Waals surface area contributed by atoms with Gasteiger partial charge in [0.2, 0.25) is 0 Å². The standard InChI is InChI=1S/C6H8F2S/c7-6(8)4-1-3(4)2-5(6)9/h3-5,9H,1-2H2. The Bertz CT molecular complexity index is 142. The van der Waals surface area contributed by atoms with Gasteiger partial charge in [-0.05, 0) is 18.8 Å². The second-order valence-corrected chi connectivity index (χ2v) is 3.65. The Morgan fingerprint density at radius 2 is 2.00 bits per heavy atom. The summed E-state index contributed by atoms with van der Waals surface area (Å²) >= 11 is 3.81. The summed E-state index contributed by atoms with van der Waals surface area (Å²) in [6.07, 6.45) is 1.37. The first-order chi connectivity index (χ1) is 4.12. The predicted octanol–water partition coefficient (Wildman–Crippen LogP) is 1.96. The molecule has 3 unspecified atom stereocenters. The van der Waals surface area contributed by atoms with Crippen LogP contribution in [0.5, 0.6) is 0 Å². The molecule has 0 saturated heterocycles. The fourth-order valence-corrected chi connectivity index (χ4v) is 2.13. The molecule has 2 aliphatic rings. The lowest BCUT2D eigenvalue weighted by molar-refractivity contribution is -0.00809. The van der Waals surface area contributed by atoms with Crippen LogP contribution in [0.3, 0.4) is 0 Å². The van der Waals surface area contributed by atoms with Gasteiger partial charge < -0.3 is 0 Å². The van der Waals surface area contributed by atoms with Gasteiger partial charge in [0.25, 0.3) is 5.92 Å². The molecule has 2 saturated carbocycles. The molecule has 0 amide bonds. The minimum atomic E-state index is -2.45. The van der Waals surface area contributed by atoms with Gasteiger partial charge in [0.15, 0.2) is 0 Å². The Morgan fingerprint density at radius 3 is 2.22 bits per heavy atom. The van der Waals surface area contributed by atoms with Gasteiger partial charge in [0.05, 0.1) is 5.25 Å². The topological polar surface area (TPSA) is 0 Å². The van der Waals surface area contributed by atoms with Crippen LogP contribution in [0.15, 0.2) is 0 Å². The van der Waals surface area contributed by atoms with E-state index in [-0.39, 0.29) is 5.92 Å². The van der Waals surface area contributed by atoms with Crippen LogP contribution in [-0.2, 0) is 0 Å². The lowest BCUT2D eigenvalue weighted by Gasteiger charge is -2.15. The fourth-order valence-electron chi connectivity index (χ4n) is 1.67. The van der Waals surface area contributed by atoms with Crippen LogP contribution >= 0.6 is 12.6 Å². The number of hydrogen-bond acceptors (Lipinski definition) is 1. The van der Waals surface area contributed by atoms with Crippen molar-refractivity contribution in [1.82, 2.24) is 0 Å². The van der Waals surface area contributed by atoms with Crippen LogP contribution < -0.4 is 0 Å². The molecule has 2 rings (SSSR count). The third-order valence-electron chi connectivity index (χ3n) is 2.39. The lowest BCUT2D eigenvalue weighted by atomic mass is 10.2. The van der Waals surface area contributed by atoms with E-state index in [9.17, 15) is 8.78 Å². The highest BCUT2D eigenvalue weighted by molar-refractivity contribution is 7.81. The normalized spacial score (nSPS) is 53.0. The second kappa shape index (κ2) is 1.44. The SMILES string of the molecule is FC1(F)C(S)CC2CC21. The maximum absolute atomic E-state index is 12.7. The number of thiol groups is 1. The minimum absolute atomic E-state index is 0.306. The van der Waals surface area contributed by atoms with E-state index in [2.05, 4.69) is 12.6 Å². The lowest BCUT2D eigenvalue weighted by Crippen LogP contribution is -2.26. The third-order valence-corrected chi connectivity index (χ3v) is 2.94. The quantitative estimate of drug-likeness (QED) is 0.501. The molecule has 0 aromatic carbocycles. The zero-order chi connectivity index (χ0) is 6.65. The van der Waals surface area contributed by atoms with Gasteiger partial charge in [-0.25, -0.2) is 8.78 Å². The van der Waals surface area contributed by atoms with E-state index in [0.29, 0.717) is 12.3 Å². The number of fused-ring (bicyclic) bond motifs is 1. The Balaban J connectivity index is 2.20. The van der Waals surface area contributed by atoms with Crippen molar-refractivity contribution >= 4 is 12.6 Å². The number of hydrogen-bond donors (Lipinski definition) is 1. The molecule has 0 aromatic heterocycles. The molecule has 0 spiro atoms. The molecule has 0 N–H and O–H groups in total. The van der Waals surface area contributed by atoms with Crippen molar-refractivity contribution in [3.05, 3.63) is 0 Å². The largest absolute Gasteiger partial charge is 0.262 e. The van der Waals surface area contributed by atoms with Crippen LogP contribution in [0.25, 0.3) is 0 Å². The molecule has 0 nitrogen and oxygen atoms in total. The molecule has 0 heterocycles. The molecule has 9 heavy (non-hydrogen) atoms. The smallest absolute Gasteiger partial charge is 0.205 e. The molecule has 2 fully saturated rings. The zero-order valence-corrected chi connectivity index (χ0v) is 5.74. The maximum Gasteiger partial charge on any atom is 0.262 e. The van der Waals surface area contributed by atoms with Crippen molar-refractivity contribution in [2.75, 3.05) is 0 Å². The summed E-state index contributed by atoms with van der Waals surface area (Å²) in [6.45, 7) is 0. The van der Waals surface area contributed by atoms with Crippen molar-refractivity contribution in [3.8, 4) is 0 Å². The Kier molecular flexibility index (Phi) is 0.953. The predicted molar refractivity (Wildman–Crippen MR) is 33.9 cm³/mol. The van der Waals surface area contributed by atoms with E-state index < -0.39 is 11.2 Å². The average molecular weight is 150 g/mol. The zero-order valence-electron chi connectivity index (χ0n) is 4.85. The monoisotopic (exact) mass is 150 g/mol. The first-order valence-electron chi connectivity index (χ1n) is 3.18. The van der Waals surface area contributed by atoms with Crippen molar-refractivity contribution < 1.29 is 8.78 Å².